The van der Waals surface area contributed by atoms with E-state index >= 15 is 0 Å². The topological polar surface area (TPSA) is 95.7 Å². The average Bonchev–Trinajstić information content (AvgIpc) is 3.32. The van der Waals surface area contributed by atoms with Crippen LogP contribution in [0.15, 0.2) is 77.8 Å². The third kappa shape index (κ3) is 4.82. The second kappa shape index (κ2) is 9.46. The largest absolute Gasteiger partial charge is 0.488 e. The lowest BCUT2D eigenvalue weighted by Crippen LogP contribution is -2.25. The molecular weight excluding hydrogens is 392 g/mol. The van der Waals surface area contributed by atoms with Crippen LogP contribution in [-0.4, -0.2) is 25.0 Å². The Morgan fingerprint density at radius 3 is 2.32 bits per heavy atom. The van der Waals surface area contributed by atoms with Gasteiger partial charge in [-0.2, -0.15) is 10.3 Å². The van der Waals surface area contributed by atoms with E-state index in [-0.39, 0.29) is 23.5 Å². The number of hydrogen-bond acceptors (Lipinski definition) is 4. The Bertz CT molecular complexity index is 1130. The monoisotopic (exact) mass is 412 g/mol. The lowest BCUT2D eigenvalue weighted by molar-refractivity contribution is 0.0995. The number of hydrogen-bond donors (Lipinski definition) is 2. The van der Waals surface area contributed by atoms with Gasteiger partial charge in [0.05, 0.1) is 5.56 Å². The molecule has 1 fully saturated rings. The Morgan fingerprint density at radius 1 is 0.968 bits per heavy atom. The van der Waals surface area contributed by atoms with Crippen molar-refractivity contribution in [3.63, 3.8) is 0 Å². The first-order chi connectivity index (χ1) is 15.2. The van der Waals surface area contributed by atoms with Crippen LogP contribution in [0.3, 0.4) is 0 Å². The molecule has 7 heteroatoms. The summed E-state index contributed by atoms with van der Waals surface area (Å²) in [6.45, 7) is 1.61. The zero-order valence-corrected chi connectivity index (χ0v) is 16.7. The van der Waals surface area contributed by atoms with Crippen molar-refractivity contribution in [2.45, 2.75) is 6.61 Å². The lowest BCUT2D eigenvalue weighted by Gasteiger charge is -2.16. The van der Waals surface area contributed by atoms with E-state index in [1.165, 1.54) is 0 Å². The molecule has 1 aliphatic heterocycles. The van der Waals surface area contributed by atoms with Crippen molar-refractivity contribution in [3.05, 3.63) is 89.5 Å². The van der Waals surface area contributed by atoms with Crippen LogP contribution in [0.25, 0.3) is 0 Å². The quantitative estimate of drug-likeness (QED) is 0.642. The van der Waals surface area contributed by atoms with Crippen molar-refractivity contribution in [2.75, 3.05) is 13.1 Å². The minimum absolute atomic E-state index is 0.0989. The van der Waals surface area contributed by atoms with Gasteiger partial charge in [0.15, 0.2) is 11.7 Å². The summed E-state index contributed by atoms with van der Waals surface area (Å²) in [4.78, 5) is 17.3. The first-order valence-corrected chi connectivity index (χ1v) is 9.82. The van der Waals surface area contributed by atoms with Crippen LogP contribution in [0.1, 0.15) is 21.5 Å². The summed E-state index contributed by atoms with van der Waals surface area (Å²) >= 11 is 0. The van der Waals surface area contributed by atoms with E-state index in [0.717, 1.165) is 5.56 Å². The number of carbonyl (C=O) groups is 1. The first kappa shape index (κ1) is 20.0. The van der Waals surface area contributed by atoms with Gasteiger partial charge in [-0.1, -0.05) is 48.5 Å². The Balaban J connectivity index is 1.75. The summed E-state index contributed by atoms with van der Waals surface area (Å²) < 4.78 is 11.9. The van der Waals surface area contributed by atoms with Gasteiger partial charge in [-0.3, -0.25) is 4.79 Å². The molecule has 1 heterocycles. The molecule has 0 spiro atoms. The number of ether oxygens (including phenoxy) is 2. The van der Waals surface area contributed by atoms with Crippen molar-refractivity contribution in [2.24, 2.45) is 4.99 Å². The van der Waals surface area contributed by atoms with E-state index < -0.39 is 5.91 Å². The Labute approximate surface area is 180 Å². The van der Waals surface area contributed by atoms with Gasteiger partial charge >= 0.3 is 0 Å². The number of nitrogens with zero attached hydrogens (tertiary/aromatic N) is 2. The number of amides is 1. The third-order valence-electron chi connectivity index (χ3n) is 4.58. The number of para-hydroxylation sites is 1. The second-order valence-electron chi connectivity index (χ2n) is 6.74. The van der Waals surface area contributed by atoms with Crippen LogP contribution in [0.2, 0.25) is 0 Å². The summed E-state index contributed by atoms with van der Waals surface area (Å²) in [5.74, 6) is 0.723. The van der Waals surface area contributed by atoms with Gasteiger partial charge in [-0.05, 0) is 29.8 Å². The summed E-state index contributed by atoms with van der Waals surface area (Å²) in [6.07, 6.45) is 0. The van der Waals surface area contributed by atoms with Gasteiger partial charge in [0.2, 0.25) is 0 Å². The average molecular weight is 412 g/mol. The maximum absolute atomic E-state index is 13.2. The Hall–Kier alpha value is -4.31. The standard InChI is InChI=1S/C24H20N4O3/c25-15-18-11-12-20(30-16-17-7-3-1-4-8-17)21(23(29)28-24-26-13-14-27-24)22(18)31-19-9-5-2-6-10-19/h1-12H,13-14,16H2,(H2,26,27,28,29). The number of carbonyl (C=O) groups excluding carboxylic acids is 1. The number of nitriles is 1. The molecule has 1 aliphatic rings. The van der Waals surface area contributed by atoms with Gasteiger partial charge in [0.1, 0.15) is 29.7 Å². The summed E-state index contributed by atoms with van der Waals surface area (Å²) in [5.41, 5.74) is 1.26. The number of guanidine groups is 1. The summed E-state index contributed by atoms with van der Waals surface area (Å²) in [6, 6.07) is 23.9. The molecule has 7 nitrogen and oxygen atoms in total. The van der Waals surface area contributed by atoms with Crippen LogP contribution >= 0.6 is 0 Å². The highest BCUT2D eigenvalue weighted by Crippen LogP contribution is 2.36. The maximum Gasteiger partial charge on any atom is 0.287 e. The maximum atomic E-state index is 13.2. The molecule has 2 N–H and O–H groups in total. The minimum atomic E-state index is -0.567. The highest BCUT2D eigenvalue weighted by molar-refractivity contribution is 6.07. The van der Waals surface area contributed by atoms with Crippen LogP contribution in [-0.2, 0) is 6.61 Å². The van der Waals surface area contributed by atoms with Gasteiger partial charge in [0.25, 0.3) is 5.91 Å². The smallest absolute Gasteiger partial charge is 0.287 e. The van der Waals surface area contributed by atoms with E-state index in [9.17, 15) is 10.1 Å². The molecule has 3 aromatic carbocycles. The summed E-state index contributed by atoms with van der Waals surface area (Å²) in [7, 11) is 0. The van der Waals surface area contributed by atoms with E-state index in [2.05, 4.69) is 21.7 Å². The third-order valence-corrected chi connectivity index (χ3v) is 4.58. The molecule has 0 aromatic heterocycles. The molecule has 31 heavy (non-hydrogen) atoms. The van der Waals surface area contributed by atoms with E-state index in [4.69, 9.17) is 9.47 Å². The fourth-order valence-corrected chi connectivity index (χ4v) is 3.08. The zero-order chi connectivity index (χ0) is 21.5. The van der Waals surface area contributed by atoms with Crippen LogP contribution in [0.4, 0.5) is 0 Å². The molecule has 1 amide bonds. The van der Waals surface area contributed by atoms with Gasteiger partial charge in [0, 0.05) is 13.1 Å². The van der Waals surface area contributed by atoms with Crippen molar-refractivity contribution in [1.82, 2.24) is 10.6 Å². The van der Waals surface area contributed by atoms with Gasteiger partial charge < -0.3 is 20.1 Å². The predicted molar refractivity (Wildman–Crippen MR) is 116 cm³/mol. The SMILES string of the molecule is N#Cc1ccc(OCc2ccccc2)c(C(=O)N=C2NCCN2)c1Oc1ccccc1. The fraction of sp³-hybridized carbons (Fsp3) is 0.125. The van der Waals surface area contributed by atoms with Crippen LogP contribution in [0.5, 0.6) is 17.2 Å². The molecule has 1 saturated heterocycles. The number of nitrogens with one attached hydrogen (secondary N) is 2. The predicted octanol–water partition coefficient (Wildman–Crippen LogP) is 3.62. The Morgan fingerprint density at radius 2 is 1.65 bits per heavy atom. The lowest BCUT2D eigenvalue weighted by atomic mass is 10.1. The molecule has 3 aromatic rings. The first-order valence-electron chi connectivity index (χ1n) is 9.82. The van der Waals surface area contributed by atoms with E-state index in [1.54, 1.807) is 24.3 Å². The van der Waals surface area contributed by atoms with Crippen LogP contribution in [0, 0.1) is 11.3 Å². The fourth-order valence-electron chi connectivity index (χ4n) is 3.08. The summed E-state index contributed by atoms with van der Waals surface area (Å²) in [5, 5.41) is 15.7. The number of rotatable bonds is 6. The van der Waals surface area contributed by atoms with Crippen molar-refractivity contribution < 1.29 is 14.3 Å². The minimum Gasteiger partial charge on any atom is -0.488 e. The molecule has 0 bridgehead atoms. The Kier molecular flexibility index (Phi) is 6.10. The molecule has 154 valence electrons. The zero-order valence-electron chi connectivity index (χ0n) is 16.7. The molecule has 0 aliphatic carbocycles. The molecule has 4 rings (SSSR count). The number of aliphatic imine (C=N–C) groups is 1. The highest BCUT2D eigenvalue weighted by Gasteiger charge is 2.24. The van der Waals surface area contributed by atoms with Crippen molar-refractivity contribution in [1.29, 1.82) is 5.26 Å². The molecule has 0 atom stereocenters. The van der Waals surface area contributed by atoms with Crippen molar-refractivity contribution >= 4 is 11.9 Å². The van der Waals surface area contributed by atoms with E-state index in [1.807, 2.05) is 48.5 Å². The molecule has 0 saturated carbocycles. The molecule has 0 unspecified atom stereocenters. The normalized spacial score (nSPS) is 12.3. The number of benzene rings is 3. The van der Waals surface area contributed by atoms with Crippen LogP contribution < -0.4 is 20.1 Å². The highest BCUT2D eigenvalue weighted by atomic mass is 16.5. The van der Waals surface area contributed by atoms with Crippen molar-refractivity contribution in [3.8, 4) is 23.3 Å². The van der Waals surface area contributed by atoms with Gasteiger partial charge in [-0.15, -0.1) is 0 Å². The second-order valence-corrected chi connectivity index (χ2v) is 6.74. The van der Waals surface area contributed by atoms with E-state index in [0.29, 0.717) is 30.5 Å². The van der Waals surface area contributed by atoms with Gasteiger partial charge in [-0.25, -0.2) is 0 Å². The molecular formula is C24H20N4O3. The molecule has 0 radical (unpaired) electrons.